The highest BCUT2D eigenvalue weighted by atomic mass is 35.5. The van der Waals surface area contributed by atoms with Crippen LogP contribution in [0.25, 0.3) is 11.3 Å². The van der Waals surface area contributed by atoms with E-state index in [0.717, 1.165) is 15.6 Å². The van der Waals surface area contributed by atoms with Gasteiger partial charge >= 0.3 is 0 Å². The molecule has 0 aliphatic rings. The maximum atomic E-state index is 13.0. The Morgan fingerprint density at radius 1 is 1.15 bits per heavy atom. The summed E-state index contributed by atoms with van der Waals surface area (Å²) in [6.45, 7) is 0. The highest BCUT2D eigenvalue weighted by Crippen LogP contribution is 2.34. The Kier molecular flexibility index (Phi) is 6.42. The van der Waals surface area contributed by atoms with E-state index >= 15 is 0 Å². The minimum atomic E-state index is -0.297. The quantitative estimate of drug-likeness (QED) is 0.446. The lowest BCUT2D eigenvalue weighted by molar-refractivity contribution is -0.113. The summed E-state index contributed by atoms with van der Waals surface area (Å²) in [6.07, 6.45) is 0. The second-order valence-corrected chi connectivity index (χ2v) is 8.42. The van der Waals surface area contributed by atoms with Gasteiger partial charge in [0.15, 0.2) is 4.34 Å². The lowest BCUT2D eigenvalue weighted by Crippen LogP contribution is -2.14. The van der Waals surface area contributed by atoms with Gasteiger partial charge in [-0.05, 0) is 36.4 Å². The van der Waals surface area contributed by atoms with E-state index in [2.05, 4.69) is 10.3 Å². The highest BCUT2D eigenvalue weighted by molar-refractivity contribution is 8.01. The van der Waals surface area contributed by atoms with Gasteiger partial charge in [0.05, 0.1) is 27.2 Å². The molecule has 1 amide bonds. The normalized spacial score (nSPS) is 10.8. The lowest BCUT2D eigenvalue weighted by Gasteiger charge is -2.09. The molecule has 0 aliphatic heterocycles. The number of aromatic nitrogens is 1. The summed E-state index contributed by atoms with van der Waals surface area (Å²) in [5.41, 5.74) is 1.88. The number of carbonyl (C=O) groups is 1. The first-order valence-electron chi connectivity index (χ1n) is 7.21. The van der Waals surface area contributed by atoms with Crippen LogP contribution in [0, 0.1) is 5.82 Å². The van der Waals surface area contributed by atoms with Crippen molar-refractivity contribution in [3.63, 3.8) is 0 Å². The third kappa shape index (κ3) is 4.90. The Labute approximate surface area is 172 Å². The molecule has 1 heterocycles. The molecule has 134 valence electrons. The van der Waals surface area contributed by atoms with Crippen molar-refractivity contribution in [2.45, 2.75) is 4.34 Å². The number of hydrogen-bond acceptors (Lipinski definition) is 4. The van der Waals surface area contributed by atoms with Gasteiger partial charge in [0.1, 0.15) is 5.82 Å². The van der Waals surface area contributed by atoms with Gasteiger partial charge in [-0.1, -0.05) is 46.6 Å². The first-order valence-corrected chi connectivity index (χ1v) is 10.2. The van der Waals surface area contributed by atoms with Crippen LogP contribution in [0.4, 0.5) is 10.1 Å². The van der Waals surface area contributed by atoms with Crippen LogP contribution >= 0.6 is 57.9 Å². The molecule has 3 aromatic rings. The van der Waals surface area contributed by atoms with Crippen LogP contribution in [0.15, 0.2) is 46.1 Å². The van der Waals surface area contributed by atoms with Gasteiger partial charge in [-0.3, -0.25) is 4.79 Å². The molecule has 9 heteroatoms. The van der Waals surface area contributed by atoms with Crippen LogP contribution in [0.5, 0.6) is 0 Å². The lowest BCUT2D eigenvalue weighted by atomic mass is 10.2. The second-order valence-electron chi connectivity index (χ2n) is 5.09. The molecule has 3 rings (SSSR count). The molecular weight excluding hydrogens is 438 g/mol. The Bertz CT molecular complexity index is 924. The molecule has 26 heavy (non-hydrogen) atoms. The molecule has 0 fully saturated rings. The SMILES string of the molecule is O=C(CSc1nc(-c2ccc(F)cc2)cs1)Nc1c(Cl)cc(Cl)cc1Cl. The van der Waals surface area contributed by atoms with Crippen molar-refractivity contribution in [1.29, 1.82) is 0 Å². The van der Waals surface area contributed by atoms with Crippen LogP contribution in [0.2, 0.25) is 15.1 Å². The highest BCUT2D eigenvalue weighted by Gasteiger charge is 2.13. The summed E-state index contributed by atoms with van der Waals surface area (Å²) >= 11 is 20.7. The molecule has 2 aromatic carbocycles. The first kappa shape index (κ1) is 19.5. The zero-order valence-corrected chi connectivity index (χ0v) is 16.8. The van der Waals surface area contributed by atoms with E-state index in [4.69, 9.17) is 34.8 Å². The van der Waals surface area contributed by atoms with E-state index in [1.165, 1.54) is 47.4 Å². The topological polar surface area (TPSA) is 42.0 Å². The molecule has 0 saturated carbocycles. The van der Waals surface area contributed by atoms with Crippen LogP contribution in [0.3, 0.4) is 0 Å². The molecule has 0 aliphatic carbocycles. The number of carbonyl (C=O) groups excluding carboxylic acids is 1. The van der Waals surface area contributed by atoms with Gasteiger partial charge in [0, 0.05) is 16.0 Å². The van der Waals surface area contributed by atoms with Crippen molar-refractivity contribution >= 4 is 69.5 Å². The molecule has 0 atom stereocenters. The molecule has 0 radical (unpaired) electrons. The summed E-state index contributed by atoms with van der Waals surface area (Å²) in [6, 6.07) is 9.11. The largest absolute Gasteiger partial charge is 0.323 e. The van der Waals surface area contributed by atoms with Crippen LogP contribution in [-0.2, 0) is 4.79 Å². The predicted molar refractivity (Wildman–Crippen MR) is 108 cm³/mol. The van der Waals surface area contributed by atoms with Crippen molar-refractivity contribution < 1.29 is 9.18 Å². The van der Waals surface area contributed by atoms with Crippen molar-refractivity contribution in [3.8, 4) is 11.3 Å². The minimum Gasteiger partial charge on any atom is -0.323 e. The zero-order valence-electron chi connectivity index (χ0n) is 12.9. The molecule has 0 spiro atoms. The standard InChI is InChI=1S/C17H10Cl3FN2OS2/c18-10-5-12(19)16(13(20)6-10)23-15(24)8-26-17-22-14(7-25-17)9-1-3-11(21)4-2-9/h1-7H,8H2,(H,23,24). The minimum absolute atomic E-state index is 0.144. The van der Waals surface area contributed by atoms with Gasteiger partial charge in [-0.15, -0.1) is 11.3 Å². The van der Waals surface area contributed by atoms with Crippen molar-refractivity contribution in [2.75, 3.05) is 11.1 Å². The summed E-state index contributed by atoms with van der Waals surface area (Å²) < 4.78 is 13.7. The smallest absolute Gasteiger partial charge is 0.234 e. The van der Waals surface area contributed by atoms with E-state index in [1.54, 1.807) is 12.1 Å². The third-order valence-corrected chi connectivity index (χ3v) is 6.06. The second kappa shape index (κ2) is 8.59. The summed E-state index contributed by atoms with van der Waals surface area (Å²) in [5, 5.41) is 5.47. The van der Waals surface area contributed by atoms with E-state index in [9.17, 15) is 9.18 Å². The molecule has 1 N–H and O–H groups in total. The molecule has 0 bridgehead atoms. The Hall–Kier alpha value is -1.31. The summed E-state index contributed by atoms with van der Waals surface area (Å²) in [4.78, 5) is 16.6. The van der Waals surface area contributed by atoms with Gasteiger partial charge < -0.3 is 5.32 Å². The monoisotopic (exact) mass is 446 g/mol. The van der Waals surface area contributed by atoms with Crippen molar-refractivity contribution in [2.24, 2.45) is 0 Å². The number of hydrogen-bond donors (Lipinski definition) is 1. The van der Waals surface area contributed by atoms with E-state index in [0.29, 0.717) is 10.7 Å². The number of nitrogens with zero attached hydrogens (tertiary/aromatic N) is 1. The molecular formula is C17H10Cl3FN2OS2. The Morgan fingerprint density at radius 3 is 2.46 bits per heavy atom. The summed E-state index contributed by atoms with van der Waals surface area (Å²) in [7, 11) is 0. The number of thiazole rings is 1. The van der Waals surface area contributed by atoms with Crippen LogP contribution < -0.4 is 5.32 Å². The van der Waals surface area contributed by atoms with E-state index in [-0.39, 0.29) is 27.5 Å². The molecule has 0 saturated heterocycles. The zero-order chi connectivity index (χ0) is 18.7. The van der Waals surface area contributed by atoms with Gasteiger partial charge in [-0.2, -0.15) is 0 Å². The van der Waals surface area contributed by atoms with E-state index in [1.807, 2.05) is 5.38 Å². The third-order valence-electron chi connectivity index (χ3n) is 3.22. The predicted octanol–water partition coefficient (Wildman–Crippen LogP) is 6.64. The fourth-order valence-corrected chi connectivity index (χ4v) is 4.59. The molecule has 1 aromatic heterocycles. The fraction of sp³-hybridized carbons (Fsp3) is 0.0588. The Balaban J connectivity index is 1.61. The van der Waals surface area contributed by atoms with Gasteiger partial charge in [0.2, 0.25) is 5.91 Å². The number of anilines is 1. The fourth-order valence-electron chi connectivity index (χ4n) is 2.04. The molecule has 0 unspecified atom stereocenters. The maximum absolute atomic E-state index is 13.0. The number of thioether (sulfide) groups is 1. The number of nitrogens with one attached hydrogen (secondary N) is 1. The van der Waals surface area contributed by atoms with Gasteiger partial charge in [0.25, 0.3) is 0 Å². The van der Waals surface area contributed by atoms with Crippen molar-refractivity contribution in [1.82, 2.24) is 4.98 Å². The summed E-state index contributed by atoms with van der Waals surface area (Å²) in [5.74, 6) is -0.416. The number of benzene rings is 2. The van der Waals surface area contributed by atoms with Gasteiger partial charge in [-0.25, -0.2) is 9.37 Å². The number of rotatable bonds is 5. The number of halogens is 4. The average molecular weight is 448 g/mol. The van der Waals surface area contributed by atoms with Crippen molar-refractivity contribution in [3.05, 3.63) is 62.7 Å². The first-order chi connectivity index (χ1) is 12.4. The van der Waals surface area contributed by atoms with Crippen LogP contribution in [0.1, 0.15) is 0 Å². The molecule has 3 nitrogen and oxygen atoms in total. The van der Waals surface area contributed by atoms with Crippen LogP contribution in [-0.4, -0.2) is 16.6 Å². The average Bonchev–Trinajstić information content (AvgIpc) is 3.06. The van der Waals surface area contributed by atoms with E-state index < -0.39 is 0 Å². The Morgan fingerprint density at radius 2 is 1.81 bits per heavy atom. The number of amides is 1. The maximum Gasteiger partial charge on any atom is 0.234 e.